The van der Waals surface area contributed by atoms with Gasteiger partial charge >= 0.3 is 0 Å². The molecule has 8 aromatic rings. The summed E-state index contributed by atoms with van der Waals surface area (Å²) in [6.07, 6.45) is 3.98. The monoisotopic (exact) mass is 622 g/mol. The number of benzene rings is 5. The lowest BCUT2D eigenvalue weighted by Gasteiger charge is -2.22. The molecule has 0 amide bonds. The lowest BCUT2D eigenvalue weighted by Crippen LogP contribution is -2.11. The number of aromatic nitrogens is 3. The second-order valence-electron chi connectivity index (χ2n) is 14.9. The fourth-order valence-corrected chi connectivity index (χ4v) is 7.21. The molecular weight excluding hydrogens is 585 g/mol. The molecule has 0 atom stereocenters. The van der Waals surface area contributed by atoms with Crippen LogP contribution in [0.5, 0.6) is 0 Å². The molecule has 3 heterocycles. The SMILES string of the molecule is CC(C)(C)c1ccc2c3ccccc3n(-c3cncc(-n4c5ccccc5c5ccc(C(C)(C)C)cc54)c3-c3cccc(C#N)c3)c2c1. The predicted molar refractivity (Wildman–Crippen MR) is 200 cm³/mol. The summed E-state index contributed by atoms with van der Waals surface area (Å²) < 4.78 is 4.75. The number of hydrogen-bond donors (Lipinski definition) is 0. The van der Waals surface area contributed by atoms with Gasteiger partial charge in [0, 0.05) is 27.1 Å². The average molecular weight is 623 g/mol. The summed E-state index contributed by atoms with van der Waals surface area (Å²) in [5.41, 5.74) is 11.6. The van der Waals surface area contributed by atoms with Crippen LogP contribution < -0.4 is 0 Å². The van der Waals surface area contributed by atoms with Crippen LogP contribution in [0.1, 0.15) is 58.2 Å². The van der Waals surface area contributed by atoms with Gasteiger partial charge in [-0.05, 0) is 63.9 Å². The van der Waals surface area contributed by atoms with Gasteiger partial charge in [-0.25, -0.2) is 0 Å². The van der Waals surface area contributed by atoms with Crippen molar-refractivity contribution in [1.29, 1.82) is 5.26 Å². The van der Waals surface area contributed by atoms with E-state index in [4.69, 9.17) is 4.98 Å². The fourth-order valence-electron chi connectivity index (χ4n) is 7.21. The highest BCUT2D eigenvalue weighted by Gasteiger charge is 2.24. The van der Waals surface area contributed by atoms with E-state index in [0.717, 1.165) is 44.6 Å². The van der Waals surface area contributed by atoms with E-state index < -0.39 is 0 Å². The second-order valence-corrected chi connectivity index (χ2v) is 14.9. The normalized spacial score (nSPS) is 12.4. The number of nitrogens with zero attached hydrogens (tertiary/aromatic N) is 4. The number of nitriles is 1. The van der Waals surface area contributed by atoms with Crippen LogP contribution in [-0.4, -0.2) is 14.1 Å². The Morgan fingerprint density at radius 1 is 0.521 bits per heavy atom. The molecule has 0 aliphatic rings. The van der Waals surface area contributed by atoms with Crippen molar-refractivity contribution >= 4 is 43.6 Å². The van der Waals surface area contributed by atoms with Crippen LogP contribution in [0.15, 0.2) is 122 Å². The van der Waals surface area contributed by atoms with Crippen LogP contribution in [0.4, 0.5) is 0 Å². The van der Waals surface area contributed by atoms with Crippen molar-refractivity contribution in [3.8, 4) is 28.6 Å². The van der Waals surface area contributed by atoms with Gasteiger partial charge in [0.1, 0.15) is 0 Å². The van der Waals surface area contributed by atoms with Crippen LogP contribution >= 0.6 is 0 Å². The molecule has 4 nitrogen and oxygen atoms in total. The summed E-state index contributed by atoms with van der Waals surface area (Å²) in [6.45, 7) is 13.6. The molecule has 0 aliphatic heterocycles. The number of para-hydroxylation sites is 2. The third kappa shape index (κ3) is 4.61. The minimum Gasteiger partial charge on any atom is -0.307 e. The standard InChI is InChI=1S/C44H38N4/c1-43(2,3)30-18-20-34-32-14-7-9-16-36(32)47(38(34)23-30)40-26-46-27-41(42(40)29-13-11-12-28(22-29)25-45)48-37-17-10-8-15-33(37)35-21-19-31(24-39(35)48)44(4,5)6/h7-24,26-27H,1-6H3. The Labute approximate surface area is 281 Å². The summed E-state index contributed by atoms with van der Waals surface area (Å²) in [5.74, 6) is 0. The minimum absolute atomic E-state index is 0.0206. The van der Waals surface area contributed by atoms with Gasteiger partial charge in [-0.15, -0.1) is 0 Å². The Hall–Kier alpha value is -5.66. The quantitative estimate of drug-likeness (QED) is 0.197. The highest BCUT2D eigenvalue weighted by molar-refractivity contribution is 6.12. The zero-order chi connectivity index (χ0) is 33.4. The fraction of sp³-hybridized carbons (Fsp3) is 0.182. The molecule has 8 rings (SSSR count). The van der Waals surface area contributed by atoms with E-state index in [2.05, 4.69) is 148 Å². The van der Waals surface area contributed by atoms with Crippen molar-refractivity contribution in [2.45, 2.75) is 52.4 Å². The Kier molecular flexibility index (Phi) is 6.62. The zero-order valence-electron chi connectivity index (χ0n) is 28.3. The molecule has 5 aromatic carbocycles. The third-order valence-corrected chi connectivity index (χ3v) is 9.75. The van der Waals surface area contributed by atoms with Gasteiger partial charge in [-0.1, -0.05) is 114 Å². The summed E-state index contributed by atoms with van der Waals surface area (Å²) in [7, 11) is 0. The topological polar surface area (TPSA) is 46.5 Å². The van der Waals surface area contributed by atoms with Gasteiger partial charge in [0.25, 0.3) is 0 Å². The maximum atomic E-state index is 10.0. The highest BCUT2D eigenvalue weighted by atomic mass is 15.0. The lowest BCUT2D eigenvalue weighted by molar-refractivity contribution is 0.590. The summed E-state index contributed by atoms with van der Waals surface area (Å²) in [4.78, 5) is 4.99. The van der Waals surface area contributed by atoms with Crippen LogP contribution in [0.2, 0.25) is 0 Å². The Bertz CT molecular complexity index is 2440. The third-order valence-electron chi connectivity index (χ3n) is 9.75. The van der Waals surface area contributed by atoms with Crippen molar-refractivity contribution in [1.82, 2.24) is 14.1 Å². The molecule has 3 aromatic heterocycles. The largest absolute Gasteiger partial charge is 0.307 e. The molecular formula is C44H38N4. The Morgan fingerprint density at radius 3 is 1.48 bits per heavy atom. The van der Waals surface area contributed by atoms with E-state index in [1.165, 1.54) is 32.7 Å². The second kappa shape index (κ2) is 10.7. The van der Waals surface area contributed by atoms with E-state index in [-0.39, 0.29) is 10.8 Å². The number of hydrogen-bond acceptors (Lipinski definition) is 2. The highest BCUT2D eigenvalue weighted by Crippen LogP contribution is 2.43. The Morgan fingerprint density at radius 2 is 1.00 bits per heavy atom. The number of pyridine rings is 1. The van der Waals surface area contributed by atoms with Crippen molar-refractivity contribution in [3.63, 3.8) is 0 Å². The van der Waals surface area contributed by atoms with E-state index in [9.17, 15) is 5.26 Å². The van der Waals surface area contributed by atoms with Crippen LogP contribution in [0, 0.1) is 11.3 Å². The van der Waals surface area contributed by atoms with Gasteiger partial charge in [-0.2, -0.15) is 5.26 Å². The van der Waals surface area contributed by atoms with Crippen molar-refractivity contribution < 1.29 is 0 Å². The van der Waals surface area contributed by atoms with E-state index in [1.54, 1.807) is 0 Å². The molecule has 0 bridgehead atoms. The molecule has 0 aliphatic carbocycles. The lowest BCUT2D eigenvalue weighted by atomic mass is 9.86. The number of fused-ring (bicyclic) bond motifs is 6. The molecule has 234 valence electrons. The Balaban J connectivity index is 1.56. The molecule has 4 heteroatoms. The molecule has 0 spiro atoms. The van der Waals surface area contributed by atoms with E-state index >= 15 is 0 Å². The van der Waals surface area contributed by atoms with Crippen LogP contribution in [0.25, 0.3) is 66.1 Å². The molecule has 0 unspecified atom stereocenters. The molecule has 0 saturated carbocycles. The maximum Gasteiger partial charge on any atom is 0.0991 e. The summed E-state index contributed by atoms with van der Waals surface area (Å²) in [5, 5.41) is 14.8. The zero-order valence-corrected chi connectivity index (χ0v) is 28.3. The van der Waals surface area contributed by atoms with Crippen LogP contribution in [0.3, 0.4) is 0 Å². The van der Waals surface area contributed by atoms with Crippen molar-refractivity contribution in [3.05, 3.63) is 138 Å². The summed E-state index contributed by atoms with van der Waals surface area (Å²) in [6, 6.07) is 41.3. The van der Waals surface area contributed by atoms with Gasteiger partial charge < -0.3 is 9.13 Å². The first-order valence-corrected chi connectivity index (χ1v) is 16.6. The smallest absolute Gasteiger partial charge is 0.0991 e. The van der Waals surface area contributed by atoms with Crippen molar-refractivity contribution in [2.24, 2.45) is 0 Å². The molecule has 0 fully saturated rings. The average Bonchev–Trinajstić information content (AvgIpc) is 3.59. The molecule has 0 saturated heterocycles. The predicted octanol–water partition coefficient (Wildman–Crippen LogP) is 11.4. The van der Waals surface area contributed by atoms with Gasteiger partial charge in [0.05, 0.1) is 57.5 Å². The van der Waals surface area contributed by atoms with Gasteiger partial charge in [0.15, 0.2) is 0 Å². The molecule has 48 heavy (non-hydrogen) atoms. The van der Waals surface area contributed by atoms with Gasteiger partial charge in [-0.3, -0.25) is 4.98 Å². The number of rotatable bonds is 3. The van der Waals surface area contributed by atoms with E-state index in [0.29, 0.717) is 5.56 Å². The first kappa shape index (κ1) is 29.7. The van der Waals surface area contributed by atoms with Crippen LogP contribution in [-0.2, 0) is 10.8 Å². The summed E-state index contributed by atoms with van der Waals surface area (Å²) >= 11 is 0. The first-order chi connectivity index (χ1) is 23.0. The van der Waals surface area contributed by atoms with Gasteiger partial charge in [0.2, 0.25) is 0 Å². The maximum absolute atomic E-state index is 10.0. The molecule has 0 N–H and O–H groups in total. The minimum atomic E-state index is -0.0206. The molecule has 0 radical (unpaired) electrons. The van der Waals surface area contributed by atoms with Crippen molar-refractivity contribution in [2.75, 3.05) is 0 Å². The van der Waals surface area contributed by atoms with E-state index in [1.807, 2.05) is 30.6 Å². The first-order valence-electron chi connectivity index (χ1n) is 16.6.